The van der Waals surface area contributed by atoms with E-state index >= 15 is 0 Å². The summed E-state index contributed by atoms with van der Waals surface area (Å²) >= 11 is 3.67. The van der Waals surface area contributed by atoms with E-state index in [1.165, 1.54) is 12.8 Å². The molecular weight excluding hydrogens is 294 g/mol. The van der Waals surface area contributed by atoms with Crippen molar-refractivity contribution < 1.29 is 9.15 Å². The zero-order chi connectivity index (χ0) is 12.8. The molecule has 1 aromatic carbocycles. The molecule has 96 valence electrons. The zero-order valence-electron chi connectivity index (χ0n) is 10.3. The molecule has 0 atom stereocenters. The van der Waals surface area contributed by atoms with Gasteiger partial charge in [-0.15, -0.1) is 0 Å². The van der Waals surface area contributed by atoms with Crippen molar-refractivity contribution in [2.75, 3.05) is 7.11 Å². The van der Waals surface area contributed by atoms with E-state index in [4.69, 9.17) is 14.9 Å². The third-order valence-electron chi connectivity index (χ3n) is 3.89. The first-order valence-electron chi connectivity index (χ1n) is 6.19. The standard InChI is InChI=1S/C14H16BrNO2/c1-17-11-8-10(14(16)5-2-3-6-14)12(15)9-4-7-18-13(9)11/h4,7-8H,2-3,5-6,16H2,1H3. The van der Waals surface area contributed by atoms with Crippen LogP contribution in [-0.2, 0) is 5.54 Å². The van der Waals surface area contributed by atoms with Crippen LogP contribution in [0.3, 0.4) is 0 Å². The summed E-state index contributed by atoms with van der Waals surface area (Å²) in [6.07, 6.45) is 6.11. The average molecular weight is 310 g/mol. The molecule has 3 rings (SSSR count). The summed E-state index contributed by atoms with van der Waals surface area (Å²) in [7, 11) is 1.66. The maximum atomic E-state index is 6.55. The van der Waals surface area contributed by atoms with Gasteiger partial charge >= 0.3 is 0 Å². The number of ether oxygens (including phenoxy) is 1. The largest absolute Gasteiger partial charge is 0.493 e. The molecule has 2 N–H and O–H groups in total. The summed E-state index contributed by atoms with van der Waals surface area (Å²) < 4.78 is 11.9. The van der Waals surface area contributed by atoms with Gasteiger partial charge in [0.05, 0.1) is 13.4 Å². The van der Waals surface area contributed by atoms with E-state index in [0.29, 0.717) is 0 Å². The predicted octanol–water partition coefficient (Wildman–Crippen LogP) is 3.93. The number of hydrogen-bond acceptors (Lipinski definition) is 3. The van der Waals surface area contributed by atoms with Crippen LogP contribution in [0.1, 0.15) is 31.2 Å². The van der Waals surface area contributed by atoms with Gasteiger partial charge in [-0.05, 0) is 46.5 Å². The number of fused-ring (bicyclic) bond motifs is 1. The minimum Gasteiger partial charge on any atom is -0.493 e. The van der Waals surface area contributed by atoms with E-state index in [1.807, 2.05) is 12.1 Å². The second-order valence-electron chi connectivity index (χ2n) is 4.97. The van der Waals surface area contributed by atoms with E-state index in [0.717, 1.165) is 39.6 Å². The van der Waals surface area contributed by atoms with Crippen molar-refractivity contribution in [3.63, 3.8) is 0 Å². The lowest BCUT2D eigenvalue weighted by molar-refractivity contribution is 0.404. The molecule has 0 saturated heterocycles. The Balaban J connectivity index is 2.25. The monoisotopic (exact) mass is 309 g/mol. The molecule has 2 aromatic rings. The van der Waals surface area contributed by atoms with Crippen LogP contribution in [0.4, 0.5) is 0 Å². The van der Waals surface area contributed by atoms with Gasteiger partial charge in [-0.1, -0.05) is 12.8 Å². The molecule has 1 saturated carbocycles. The molecule has 0 amide bonds. The molecule has 1 aliphatic rings. The molecule has 0 unspecified atom stereocenters. The highest BCUT2D eigenvalue weighted by Crippen LogP contribution is 2.45. The summed E-state index contributed by atoms with van der Waals surface area (Å²) in [4.78, 5) is 0. The van der Waals surface area contributed by atoms with Crippen LogP contribution in [0.2, 0.25) is 0 Å². The Morgan fingerprint density at radius 3 is 2.78 bits per heavy atom. The number of methoxy groups -OCH3 is 1. The molecule has 0 radical (unpaired) electrons. The van der Waals surface area contributed by atoms with Crippen molar-refractivity contribution in [1.29, 1.82) is 0 Å². The molecule has 3 nitrogen and oxygen atoms in total. The number of halogens is 1. The van der Waals surface area contributed by atoms with Crippen molar-refractivity contribution in [2.24, 2.45) is 5.73 Å². The molecule has 1 fully saturated rings. The van der Waals surface area contributed by atoms with Crippen LogP contribution >= 0.6 is 15.9 Å². The molecule has 4 heteroatoms. The lowest BCUT2D eigenvalue weighted by Crippen LogP contribution is -2.33. The number of benzene rings is 1. The maximum Gasteiger partial charge on any atom is 0.176 e. The second-order valence-corrected chi connectivity index (χ2v) is 5.76. The summed E-state index contributed by atoms with van der Waals surface area (Å²) in [5, 5.41) is 1.03. The van der Waals surface area contributed by atoms with Crippen LogP contribution in [0.5, 0.6) is 5.75 Å². The Hall–Kier alpha value is -1.00. The Morgan fingerprint density at radius 1 is 1.39 bits per heavy atom. The fourth-order valence-electron chi connectivity index (χ4n) is 2.87. The van der Waals surface area contributed by atoms with Gasteiger partial charge in [0, 0.05) is 15.4 Å². The van der Waals surface area contributed by atoms with Crippen LogP contribution in [0.25, 0.3) is 11.0 Å². The normalized spacial score (nSPS) is 18.4. The van der Waals surface area contributed by atoms with Crippen molar-refractivity contribution in [1.82, 2.24) is 0 Å². The highest BCUT2D eigenvalue weighted by molar-refractivity contribution is 9.10. The topological polar surface area (TPSA) is 48.4 Å². The molecule has 1 aromatic heterocycles. The Bertz CT molecular complexity index is 585. The number of rotatable bonds is 2. The summed E-state index contributed by atoms with van der Waals surface area (Å²) in [5.41, 5.74) is 8.21. The van der Waals surface area contributed by atoms with E-state index < -0.39 is 0 Å². The third-order valence-corrected chi connectivity index (χ3v) is 4.74. The molecular formula is C14H16BrNO2. The van der Waals surface area contributed by atoms with E-state index in [9.17, 15) is 0 Å². The van der Waals surface area contributed by atoms with Crippen molar-refractivity contribution in [3.05, 3.63) is 28.4 Å². The number of furan rings is 1. The quantitative estimate of drug-likeness (QED) is 0.914. The van der Waals surface area contributed by atoms with Gasteiger partial charge in [-0.3, -0.25) is 0 Å². The van der Waals surface area contributed by atoms with Crippen molar-refractivity contribution in [2.45, 2.75) is 31.2 Å². The van der Waals surface area contributed by atoms with Gasteiger partial charge in [0.15, 0.2) is 11.3 Å². The van der Waals surface area contributed by atoms with Gasteiger partial charge in [-0.2, -0.15) is 0 Å². The summed E-state index contributed by atoms with van der Waals surface area (Å²) in [5.74, 6) is 0.755. The summed E-state index contributed by atoms with van der Waals surface area (Å²) in [6, 6.07) is 3.96. The number of hydrogen-bond donors (Lipinski definition) is 1. The van der Waals surface area contributed by atoms with Crippen molar-refractivity contribution in [3.8, 4) is 5.75 Å². The van der Waals surface area contributed by atoms with Crippen LogP contribution < -0.4 is 10.5 Å². The fraction of sp³-hybridized carbons (Fsp3) is 0.429. The van der Waals surface area contributed by atoms with Crippen LogP contribution in [0.15, 0.2) is 27.3 Å². The predicted molar refractivity (Wildman–Crippen MR) is 74.8 cm³/mol. The first kappa shape index (κ1) is 12.1. The Morgan fingerprint density at radius 2 is 2.11 bits per heavy atom. The van der Waals surface area contributed by atoms with Crippen LogP contribution in [-0.4, -0.2) is 7.11 Å². The second kappa shape index (κ2) is 4.28. The highest BCUT2D eigenvalue weighted by Gasteiger charge is 2.34. The first-order valence-corrected chi connectivity index (χ1v) is 6.98. The van der Waals surface area contributed by atoms with Gasteiger partial charge in [0.25, 0.3) is 0 Å². The third kappa shape index (κ3) is 1.67. The minimum absolute atomic E-state index is 0.239. The Labute approximate surface area is 114 Å². The molecule has 1 heterocycles. The molecule has 0 bridgehead atoms. The lowest BCUT2D eigenvalue weighted by Gasteiger charge is -2.26. The van der Waals surface area contributed by atoms with E-state index in [2.05, 4.69) is 15.9 Å². The first-order chi connectivity index (χ1) is 8.65. The Kier molecular flexibility index (Phi) is 2.87. The molecule has 1 aliphatic carbocycles. The fourth-order valence-corrected chi connectivity index (χ4v) is 3.69. The lowest BCUT2D eigenvalue weighted by atomic mass is 9.88. The van der Waals surface area contributed by atoms with Crippen LogP contribution in [0, 0.1) is 0 Å². The van der Waals surface area contributed by atoms with E-state index in [1.54, 1.807) is 13.4 Å². The maximum absolute atomic E-state index is 6.55. The zero-order valence-corrected chi connectivity index (χ0v) is 11.9. The van der Waals surface area contributed by atoms with Crippen molar-refractivity contribution >= 4 is 26.9 Å². The van der Waals surface area contributed by atoms with Gasteiger partial charge in [0.1, 0.15) is 0 Å². The molecule has 18 heavy (non-hydrogen) atoms. The molecule has 0 spiro atoms. The van der Waals surface area contributed by atoms with Gasteiger partial charge in [0.2, 0.25) is 0 Å². The van der Waals surface area contributed by atoms with Gasteiger partial charge < -0.3 is 14.9 Å². The minimum atomic E-state index is -0.239. The number of nitrogens with two attached hydrogens (primary N) is 1. The highest BCUT2D eigenvalue weighted by atomic mass is 79.9. The average Bonchev–Trinajstić information content (AvgIpc) is 2.99. The van der Waals surface area contributed by atoms with Gasteiger partial charge in [-0.25, -0.2) is 0 Å². The SMILES string of the molecule is COc1cc(C2(N)CCCC2)c(Br)c2ccoc12. The summed E-state index contributed by atoms with van der Waals surface area (Å²) in [6.45, 7) is 0. The van der Waals surface area contributed by atoms with E-state index in [-0.39, 0.29) is 5.54 Å². The molecule has 0 aliphatic heterocycles. The smallest absolute Gasteiger partial charge is 0.176 e.